The standard InChI is InChI=1S/C9H6N4O2.ClH/c10-12-6-1-3-7(4-2-6)13-8(14)5-11-9(13)15;/h1-4H,5H2;1H. The number of hydrogen-bond donors (Lipinski definition) is 1. The third-order valence-corrected chi connectivity index (χ3v) is 2.07. The lowest BCUT2D eigenvalue weighted by Crippen LogP contribution is -3.00. The van der Waals surface area contributed by atoms with E-state index < -0.39 is 6.03 Å². The number of amides is 3. The minimum absolute atomic E-state index is 0. The smallest absolute Gasteiger partial charge is 0.385 e. The molecular weight excluding hydrogens is 232 g/mol. The highest BCUT2D eigenvalue weighted by Crippen LogP contribution is 2.21. The Kier molecular flexibility index (Phi) is 3.43. The molecule has 1 saturated heterocycles. The molecule has 1 heterocycles. The number of hydrogen-bond acceptors (Lipinski definition) is 3. The number of benzene rings is 1. The Bertz CT molecular complexity index is 449. The fourth-order valence-electron chi connectivity index (χ4n) is 1.35. The Balaban J connectivity index is 0.00000128. The van der Waals surface area contributed by atoms with E-state index in [1.54, 1.807) is 0 Å². The van der Waals surface area contributed by atoms with Crippen LogP contribution in [0.25, 0.3) is 4.98 Å². The fraction of sp³-hybridized carbons (Fsp3) is 0.111. The van der Waals surface area contributed by atoms with E-state index in [1.165, 1.54) is 24.3 Å². The van der Waals surface area contributed by atoms with Crippen LogP contribution in [-0.4, -0.2) is 18.5 Å². The third kappa shape index (κ3) is 1.94. The number of diazo groups is 1. The van der Waals surface area contributed by atoms with E-state index >= 15 is 0 Å². The molecule has 1 aliphatic heterocycles. The van der Waals surface area contributed by atoms with Crippen molar-refractivity contribution in [3.8, 4) is 0 Å². The normalized spacial score (nSPS) is 14.1. The molecule has 0 unspecified atom stereocenters. The molecule has 0 radical (unpaired) electrons. The van der Waals surface area contributed by atoms with Gasteiger partial charge >= 0.3 is 11.7 Å². The van der Waals surface area contributed by atoms with Crippen LogP contribution < -0.4 is 22.6 Å². The summed E-state index contributed by atoms with van der Waals surface area (Å²) in [6.07, 6.45) is 0. The zero-order valence-electron chi connectivity index (χ0n) is 8.05. The van der Waals surface area contributed by atoms with Gasteiger partial charge in [0.25, 0.3) is 5.91 Å². The molecule has 16 heavy (non-hydrogen) atoms. The highest BCUT2D eigenvalue weighted by atomic mass is 35.5. The molecule has 0 aliphatic carbocycles. The summed E-state index contributed by atoms with van der Waals surface area (Å²) in [7, 11) is 0. The minimum atomic E-state index is -0.436. The van der Waals surface area contributed by atoms with Gasteiger partial charge in [-0.3, -0.25) is 4.79 Å². The summed E-state index contributed by atoms with van der Waals surface area (Å²) in [4.78, 5) is 26.6. The third-order valence-electron chi connectivity index (χ3n) is 2.07. The largest absolute Gasteiger partial charge is 1.00 e. The Morgan fingerprint density at radius 3 is 2.31 bits per heavy atom. The van der Waals surface area contributed by atoms with E-state index in [4.69, 9.17) is 5.39 Å². The quantitative estimate of drug-likeness (QED) is 0.465. The van der Waals surface area contributed by atoms with E-state index in [1.807, 2.05) is 0 Å². The first-order valence-corrected chi connectivity index (χ1v) is 4.28. The number of carbonyl (C=O) groups is 2. The zero-order valence-corrected chi connectivity index (χ0v) is 8.81. The molecule has 82 valence electrons. The number of nitrogens with zero attached hydrogens (tertiary/aromatic N) is 3. The van der Waals surface area contributed by atoms with E-state index in [0.29, 0.717) is 11.4 Å². The molecule has 3 amide bonds. The summed E-state index contributed by atoms with van der Waals surface area (Å²) in [5.41, 5.74) is 0.827. The molecule has 0 saturated carbocycles. The monoisotopic (exact) mass is 238 g/mol. The molecule has 1 aromatic carbocycles. The summed E-state index contributed by atoms with van der Waals surface area (Å²) < 4.78 is 0. The number of carbonyl (C=O) groups excluding carboxylic acids is 2. The molecule has 0 aromatic heterocycles. The van der Waals surface area contributed by atoms with Gasteiger partial charge in [-0.2, -0.15) is 0 Å². The average Bonchev–Trinajstić information content (AvgIpc) is 2.59. The summed E-state index contributed by atoms with van der Waals surface area (Å²) in [5, 5.41) is 10.9. The molecule has 6 nitrogen and oxygen atoms in total. The second-order valence-corrected chi connectivity index (χ2v) is 3.00. The highest BCUT2D eigenvalue weighted by molar-refractivity contribution is 6.19. The van der Waals surface area contributed by atoms with Gasteiger partial charge in [0.05, 0.1) is 12.2 Å². The van der Waals surface area contributed by atoms with Crippen LogP contribution in [-0.2, 0) is 4.79 Å². The number of urea groups is 1. The Hall–Kier alpha value is -2.13. The predicted molar refractivity (Wildman–Crippen MR) is 52.1 cm³/mol. The van der Waals surface area contributed by atoms with Gasteiger partial charge in [0.1, 0.15) is 0 Å². The van der Waals surface area contributed by atoms with E-state index in [0.717, 1.165) is 4.90 Å². The van der Waals surface area contributed by atoms with Gasteiger partial charge in [-0.15, -0.1) is 0 Å². The molecule has 1 N–H and O–H groups in total. The molecule has 1 fully saturated rings. The maximum Gasteiger partial charge on any atom is 0.385 e. The van der Waals surface area contributed by atoms with Crippen molar-refractivity contribution in [1.29, 1.82) is 5.39 Å². The molecule has 0 bridgehead atoms. The first-order valence-electron chi connectivity index (χ1n) is 4.28. The Labute approximate surface area is 97.3 Å². The van der Waals surface area contributed by atoms with E-state index in [2.05, 4.69) is 10.3 Å². The number of rotatable bonds is 1. The number of nitrogens with one attached hydrogen (secondary N) is 1. The van der Waals surface area contributed by atoms with Crippen LogP contribution in [0.5, 0.6) is 0 Å². The Morgan fingerprint density at radius 1 is 1.25 bits per heavy atom. The molecular formula is C9H7ClN4O2. The van der Waals surface area contributed by atoms with Crippen LogP contribution >= 0.6 is 0 Å². The van der Waals surface area contributed by atoms with Crippen molar-refractivity contribution in [2.45, 2.75) is 0 Å². The van der Waals surface area contributed by atoms with Gasteiger partial charge < -0.3 is 17.7 Å². The van der Waals surface area contributed by atoms with Gasteiger partial charge in [0, 0.05) is 12.1 Å². The Morgan fingerprint density at radius 2 is 1.88 bits per heavy atom. The van der Waals surface area contributed by atoms with Gasteiger partial charge in [-0.1, -0.05) is 0 Å². The van der Waals surface area contributed by atoms with Crippen LogP contribution in [0.2, 0.25) is 0 Å². The van der Waals surface area contributed by atoms with Crippen molar-refractivity contribution < 1.29 is 22.0 Å². The molecule has 2 rings (SSSR count). The predicted octanol–water partition coefficient (Wildman–Crippen LogP) is -1.77. The average molecular weight is 239 g/mol. The first kappa shape index (κ1) is 11.9. The van der Waals surface area contributed by atoms with Gasteiger partial charge in [-0.05, 0) is 12.1 Å². The highest BCUT2D eigenvalue weighted by Gasteiger charge is 2.30. The van der Waals surface area contributed by atoms with Gasteiger partial charge in [-0.25, -0.2) is 9.69 Å². The number of halogens is 1. The van der Waals surface area contributed by atoms with Crippen LogP contribution in [0.3, 0.4) is 0 Å². The molecule has 0 spiro atoms. The van der Waals surface area contributed by atoms with Crippen molar-refractivity contribution >= 4 is 23.3 Å². The minimum Gasteiger partial charge on any atom is -1.00 e. The summed E-state index contributed by atoms with van der Waals surface area (Å²) >= 11 is 0. The topological polar surface area (TPSA) is 77.6 Å². The maximum atomic E-state index is 11.3. The zero-order chi connectivity index (χ0) is 10.8. The summed E-state index contributed by atoms with van der Waals surface area (Å²) in [5.74, 6) is -0.298. The molecule has 7 heteroatoms. The molecule has 1 aliphatic rings. The lowest BCUT2D eigenvalue weighted by Gasteiger charge is -2.10. The van der Waals surface area contributed by atoms with Crippen molar-refractivity contribution in [2.75, 3.05) is 11.4 Å². The van der Waals surface area contributed by atoms with E-state index in [9.17, 15) is 9.59 Å². The van der Waals surface area contributed by atoms with Crippen molar-refractivity contribution in [3.63, 3.8) is 0 Å². The van der Waals surface area contributed by atoms with Crippen molar-refractivity contribution in [1.82, 2.24) is 5.32 Å². The molecule has 0 atom stereocenters. The first-order chi connectivity index (χ1) is 7.22. The number of anilines is 1. The molecule has 1 aromatic rings. The van der Waals surface area contributed by atoms with Crippen LogP contribution in [0.4, 0.5) is 16.2 Å². The second-order valence-electron chi connectivity index (χ2n) is 3.00. The fourth-order valence-corrected chi connectivity index (χ4v) is 1.35. The lowest BCUT2D eigenvalue weighted by molar-refractivity contribution is -0.115. The van der Waals surface area contributed by atoms with Crippen LogP contribution in [0, 0.1) is 5.39 Å². The SMILES string of the molecule is N#[N+]c1ccc(N2C(=O)CNC2=O)cc1.[Cl-]. The summed E-state index contributed by atoms with van der Waals surface area (Å²) in [6, 6.07) is 5.66. The van der Waals surface area contributed by atoms with Crippen molar-refractivity contribution in [2.24, 2.45) is 0 Å². The van der Waals surface area contributed by atoms with Crippen LogP contribution in [0.15, 0.2) is 24.3 Å². The lowest BCUT2D eigenvalue weighted by atomic mass is 10.2. The summed E-state index contributed by atoms with van der Waals surface area (Å²) in [6.45, 7) is 0.0188. The maximum absolute atomic E-state index is 11.3. The van der Waals surface area contributed by atoms with Crippen molar-refractivity contribution in [3.05, 3.63) is 29.2 Å². The number of imide groups is 1. The van der Waals surface area contributed by atoms with Gasteiger partial charge in [0.15, 0.2) is 4.98 Å². The van der Waals surface area contributed by atoms with Crippen LogP contribution in [0.1, 0.15) is 0 Å². The second kappa shape index (κ2) is 4.59. The van der Waals surface area contributed by atoms with E-state index in [-0.39, 0.29) is 24.9 Å². The van der Waals surface area contributed by atoms with Gasteiger partial charge in [0.2, 0.25) is 5.39 Å².